The van der Waals surface area contributed by atoms with Crippen molar-refractivity contribution in [1.29, 1.82) is 0 Å². The van der Waals surface area contributed by atoms with Gasteiger partial charge in [-0.2, -0.15) is 0 Å². The quantitative estimate of drug-likeness (QED) is 0.646. The zero-order valence-corrected chi connectivity index (χ0v) is 19.9. The first-order chi connectivity index (χ1) is 16.5. The Hall–Kier alpha value is -3.06. The summed E-state index contributed by atoms with van der Waals surface area (Å²) in [6.45, 7) is 5.34. The van der Waals surface area contributed by atoms with E-state index in [4.69, 9.17) is 15.2 Å². The molecule has 7 nitrogen and oxygen atoms in total. The summed E-state index contributed by atoms with van der Waals surface area (Å²) in [6.07, 6.45) is 4.44. The fraction of sp³-hybridized carbons (Fsp3) is 0.481. The first kappa shape index (κ1) is 24.1. The van der Waals surface area contributed by atoms with E-state index < -0.39 is 5.91 Å². The van der Waals surface area contributed by atoms with E-state index >= 15 is 0 Å². The third kappa shape index (κ3) is 6.29. The smallest absolute Gasteiger partial charge is 0.255 e. The van der Waals surface area contributed by atoms with Gasteiger partial charge < -0.3 is 20.1 Å². The van der Waals surface area contributed by atoms with E-state index in [9.17, 15) is 9.59 Å². The lowest BCUT2D eigenvalue weighted by molar-refractivity contribution is -0.131. The van der Waals surface area contributed by atoms with Crippen LogP contribution in [0.1, 0.15) is 43.7 Å². The Morgan fingerprint density at radius 1 is 1.03 bits per heavy atom. The molecule has 7 heteroatoms. The van der Waals surface area contributed by atoms with E-state index in [1.165, 1.54) is 6.42 Å². The monoisotopic (exact) mass is 465 g/mol. The van der Waals surface area contributed by atoms with E-state index in [1.807, 2.05) is 53.4 Å². The van der Waals surface area contributed by atoms with Gasteiger partial charge in [-0.05, 0) is 55.5 Å². The molecule has 2 aliphatic rings. The molecule has 0 bridgehead atoms. The molecular formula is C27H35N3O4. The molecule has 0 radical (unpaired) electrons. The van der Waals surface area contributed by atoms with Gasteiger partial charge in [-0.15, -0.1) is 0 Å². The fourth-order valence-corrected chi connectivity index (χ4v) is 5.17. The summed E-state index contributed by atoms with van der Waals surface area (Å²) in [7, 11) is 0. The molecule has 0 aromatic heterocycles. The van der Waals surface area contributed by atoms with Crippen molar-refractivity contribution in [2.45, 2.75) is 51.8 Å². The molecule has 4 rings (SSSR count). The number of likely N-dealkylation sites (tertiary alicyclic amines) is 2. The predicted molar refractivity (Wildman–Crippen MR) is 130 cm³/mol. The van der Waals surface area contributed by atoms with Crippen LogP contribution in [0.3, 0.4) is 0 Å². The minimum atomic E-state index is -0.498. The summed E-state index contributed by atoms with van der Waals surface area (Å²) in [5, 5.41) is 0. The number of carbonyl (C=O) groups excluding carboxylic acids is 2. The largest absolute Gasteiger partial charge is 0.489 e. The molecule has 2 amide bonds. The average molecular weight is 466 g/mol. The molecule has 2 fully saturated rings. The zero-order chi connectivity index (χ0) is 23.9. The van der Waals surface area contributed by atoms with Crippen LogP contribution in [0, 0.1) is 5.92 Å². The van der Waals surface area contributed by atoms with Crippen LogP contribution in [0.15, 0.2) is 48.5 Å². The Bertz CT molecular complexity index is 981. The minimum Gasteiger partial charge on any atom is -0.489 e. The lowest BCUT2D eigenvalue weighted by Crippen LogP contribution is -2.51. The van der Waals surface area contributed by atoms with Gasteiger partial charge in [0.1, 0.15) is 18.1 Å². The highest BCUT2D eigenvalue weighted by Gasteiger charge is 2.35. The predicted octanol–water partition coefficient (Wildman–Crippen LogP) is 3.35. The molecule has 0 saturated carbocycles. The first-order valence-corrected chi connectivity index (χ1v) is 12.2. The average Bonchev–Trinajstić information content (AvgIpc) is 3.04. The molecule has 182 valence electrons. The summed E-state index contributed by atoms with van der Waals surface area (Å²) < 4.78 is 11.8. The van der Waals surface area contributed by atoms with Gasteiger partial charge in [0.25, 0.3) is 5.91 Å². The number of nitrogens with zero attached hydrogens (tertiary/aromatic N) is 2. The first-order valence-electron chi connectivity index (χ1n) is 12.2. The SMILES string of the molecule is CC(=O)N1CC[C@@H]2[C@H](CCCCN2Cc2cc(OCc3ccccc3)ccc2OCC(N)=O)C1. The Morgan fingerprint density at radius 2 is 1.85 bits per heavy atom. The van der Waals surface area contributed by atoms with Crippen molar-refractivity contribution in [1.82, 2.24) is 9.80 Å². The highest BCUT2D eigenvalue weighted by molar-refractivity contribution is 5.75. The molecule has 0 unspecified atom stereocenters. The Kier molecular flexibility index (Phi) is 8.06. The number of hydrogen-bond donors (Lipinski definition) is 1. The highest BCUT2D eigenvalue weighted by atomic mass is 16.5. The van der Waals surface area contributed by atoms with Gasteiger partial charge in [-0.25, -0.2) is 0 Å². The third-order valence-corrected chi connectivity index (χ3v) is 6.90. The Labute approximate surface area is 201 Å². The van der Waals surface area contributed by atoms with E-state index in [-0.39, 0.29) is 12.5 Å². The van der Waals surface area contributed by atoms with Gasteiger partial charge in [-0.3, -0.25) is 14.5 Å². The number of benzene rings is 2. The number of amides is 2. The molecule has 2 aliphatic heterocycles. The maximum absolute atomic E-state index is 11.9. The van der Waals surface area contributed by atoms with Crippen LogP contribution in [-0.4, -0.2) is 53.9 Å². The molecular weight excluding hydrogens is 430 g/mol. The normalized spacial score (nSPS) is 20.8. The summed E-state index contributed by atoms with van der Waals surface area (Å²) in [6, 6.07) is 16.2. The van der Waals surface area contributed by atoms with Crippen molar-refractivity contribution in [3.8, 4) is 11.5 Å². The molecule has 2 aromatic rings. The van der Waals surface area contributed by atoms with Gasteiger partial charge in [0.2, 0.25) is 5.91 Å². The van der Waals surface area contributed by atoms with Crippen LogP contribution in [-0.2, 0) is 22.7 Å². The van der Waals surface area contributed by atoms with Crippen LogP contribution in [0.2, 0.25) is 0 Å². The van der Waals surface area contributed by atoms with E-state index in [2.05, 4.69) is 4.90 Å². The van der Waals surface area contributed by atoms with Crippen LogP contribution < -0.4 is 15.2 Å². The van der Waals surface area contributed by atoms with Crippen LogP contribution >= 0.6 is 0 Å². The topological polar surface area (TPSA) is 85.1 Å². The van der Waals surface area contributed by atoms with Gasteiger partial charge in [0, 0.05) is 38.2 Å². The van der Waals surface area contributed by atoms with Gasteiger partial charge >= 0.3 is 0 Å². The zero-order valence-electron chi connectivity index (χ0n) is 19.9. The van der Waals surface area contributed by atoms with Gasteiger partial charge in [0.15, 0.2) is 6.61 Å². The molecule has 2 atom stereocenters. The van der Waals surface area contributed by atoms with Crippen molar-refractivity contribution in [3.63, 3.8) is 0 Å². The van der Waals surface area contributed by atoms with E-state index in [0.29, 0.717) is 30.9 Å². The number of piperidine rings is 1. The minimum absolute atomic E-state index is 0.156. The van der Waals surface area contributed by atoms with Gasteiger partial charge in [-0.1, -0.05) is 36.8 Å². The molecule has 0 spiro atoms. The summed E-state index contributed by atoms with van der Waals surface area (Å²) in [5.41, 5.74) is 7.42. The molecule has 0 aliphatic carbocycles. The number of ether oxygens (including phenoxy) is 2. The number of primary amides is 1. The molecule has 2 saturated heterocycles. The number of nitrogens with two attached hydrogens (primary N) is 1. The van der Waals surface area contributed by atoms with Crippen LogP contribution in [0.4, 0.5) is 0 Å². The second-order valence-electron chi connectivity index (χ2n) is 9.35. The standard InChI is InChI=1S/C27H35N3O4/c1-20(31)29-14-12-25-22(16-29)9-5-6-13-30(25)17-23-15-24(10-11-26(23)34-19-27(28)32)33-18-21-7-3-2-4-8-21/h2-4,7-8,10-11,15,22,25H,5-6,9,12-14,16-19H2,1H3,(H2,28,32)/t22-,25-/m1/s1. The second-order valence-corrected chi connectivity index (χ2v) is 9.35. The van der Waals surface area contributed by atoms with Crippen molar-refractivity contribution < 1.29 is 19.1 Å². The van der Waals surface area contributed by atoms with Gasteiger partial charge in [0.05, 0.1) is 0 Å². The summed E-state index contributed by atoms with van der Waals surface area (Å²) in [4.78, 5) is 27.8. The molecule has 2 aromatic carbocycles. The number of carbonyl (C=O) groups is 2. The Morgan fingerprint density at radius 3 is 2.62 bits per heavy atom. The fourth-order valence-electron chi connectivity index (χ4n) is 5.17. The lowest BCUT2D eigenvalue weighted by Gasteiger charge is -2.42. The highest BCUT2D eigenvalue weighted by Crippen LogP contribution is 2.33. The number of rotatable bonds is 8. The number of fused-ring (bicyclic) bond motifs is 1. The van der Waals surface area contributed by atoms with Crippen molar-refractivity contribution >= 4 is 11.8 Å². The van der Waals surface area contributed by atoms with Crippen molar-refractivity contribution in [2.24, 2.45) is 11.7 Å². The lowest BCUT2D eigenvalue weighted by atomic mass is 9.88. The van der Waals surface area contributed by atoms with Crippen molar-refractivity contribution in [2.75, 3.05) is 26.2 Å². The molecule has 2 heterocycles. The third-order valence-electron chi connectivity index (χ3n) is 6.90. The second kappa shape index (κ2) is 11.4. The molecule has 34 heavy (non-hydrogen) atoms. The maximum Gasteiger partial charge on any atom is 0.255 e. The summed E-state index contributed by atoms with van der Waals surface area (Å²) in [5.74, 6) is 1.57. The van der Waals surface area contributed by atoms with Crippen LogP contribution in [0.5, 0.6) is 11.5 Å². The maximum atomic E-state index is 11.9. The number of hydrogen-bond acceptors (Lipinski definition) is 5. The Balaban J connectivity index is 1.52. The molecule has 2 N–H and O–H groups in total. The van der Waals surface area contributed by atoms with E-state index in [1.54, 1.807) is 6.92 Å². The van der Waals surface area contributed by atoms with E-state index in [0.717, 1.165) is 55.8 Å². The summed E-state index contributed by atoms with van der Waals surface area (Å²) >= 11 is 0. The van der Waals surface area contributed by atoms with Crippen molar-refractivity contribution in [3.05, 3.63) is 59.7 Å². The van der Waals surface area contributed by atoms with Crippen LogP contribution in [0.25, 0.3) is 0 Å².